The third kappa shape index (κ3) is 3.78. The van der Waals surface area contributed by atoms with Crippen LogP contribution in [-0.2, 0) is 0 Å². The van der Waals surface area contributed by atoms with E-state index in [1.807, 2.05) is 24.3 Å². The van der Waals surface area contributed by atoms with Crippen LogP contribution in [0.4, 0.5) is 0 Å². The van der Waals surface area contributed by atoms with E-state index in [-0.39, 0.29) is 17.2 Å². The third-order valence-corrected chi connectivity index (χ3v) is 5.50. The topological polar surface area (TPSA) is 85.3 Å². The molecule has 1 atom stereocenters. The molecule has 0 saturated carbocycles. The molecule has 2 N–H and O–H groups in total. The van der Waals surface area contributed by atoms with Gasteiger partial charge in [-0.05, 0) is 35.9 Å². The molecule has 5 nitrogen and oxygen atoms in total. The molecule has 1 heterocycles. The van der Waals surface area contributed by atoms with Gasteiger partial charge in [0.15, 0.2) is 0 Å². The molecule has 0 spiro atoms. The average molecular weight is 482 g/mol. The molecule has 0 amide bonds. The summed E-state index contributed by atoms with van der Waals surface area (Å²) < 4.78 is 12.0. The van der Waals surface area contributed by atoms with Crippen molar-refractivity contribution < 1.29 is 14.3 Å². The smallest absolute Gasteiger partial charge is 0.345 e. The summed E-state index contributed by atoms with van der Waals surface area (Å²) in [5, 5.41) is 9.96. The Morgan fingerprint density at radius 3 is 2.67 bits per heavy atom. The van der Waals surface area contributed by atoms with Crippen molar-refractivity contribution >= 4 is 33.5 Å². The highest BCUT2D eigenvalue weighted by Crippen LogP contribution is 2.43. The molecule has 3 aromatic rings. The van der Waals surface area contributed by atoms with Gasteiger partial charge >= 0.3 is 5.97 Å². The van der Waals surface area contributed by atoms with Gasteiger partial charge in [-0.2, -0.15) is 5.26 Å². The number of hydrogen-bond donors (Lipinski definition) is 1. The summed E-state index contributed by atoms with van der Waals surface area (Å²) in [6, 6.07) is 21.4. The molecule has 0 aromatic heterocycles. The number of benzene rings is 3. The number of nitrogens with zero attached hydrogens (tertiary/aromatic N) is 1. The average Bonchev–Trinajstić information content (AvgIpc) is 2.73. The number of nitriles is 1. The highest BCUT2D eigenvalue weighted by atomic mass is 79.9. The van der Waals surface area contributed by atoms with Crippen LogP contribution in [0.25, 0.3) is 0 Å². The Labute approximate surface area is 186 Å². The second-order valence-electron chi connectivity index (χ2n) is 6.55. The molecule has 0 radical (unpaired) electrons. The molecule has 1 unspecified atom stereocenters. The fraction of sp³-hybridized carbons (Fsp3) is 0.0435. The van der Waals surface area contributed by atoms with E-state index in [4.69, 9.17) is 26.8 Å². The molecule has 0 saturated heterocycles. The Morgan fingerprint density at radius 1 is 1.13 bits per heavy atom. The second kappa shape index (κ2) is 8.23. The zero-order valence-corrected chi connectivity index (χ0v) is 17.8. The Bertz CT molecular complexity index is 1230. The Balaban J connectivity index is 1.71. The number of fused-ring (bicyclic) bond motifs is 1. The fourth-order valence-electron chi connectivity index (χ4n) is 3.32. The van der Waals surface area contributed by atoms with Gasteiger partial charge in [-0.3, -0.25) is 0 Å². The highest BCUT2D eigenvalue weighted by Gasteiger charge is 2.31. The van der Waals surface area contributed by atoms with E-state index in [0.717, 1.165) is 15.6 Å². The van der Waals surface area contributed by atoms with Gasteiger partial charge in [0.25, 0.3) is 0 Å². The van der Waals surface area contributed by atoms with Crippen LogP contribution < -0.4 is 15.2 Å². The zero-order chi connectivity index (χ0) is 21.3. The summed E-state index contributed by atoms with van der Waals surface area (Å²) in [5.74, 6) is -0.268. The minimum atomic E-state index is -0.582. The maximum Gasteiger partial charge on any atom is 0.345 e. The minimum absolute atomic E-state index is 0.0181. The van der Waals surface area contributed by atoms with Gasteiger partial charge < -0.3 is 15.2 Å². The van der Waals surface area contributed by atoms with Crippen molar-refractivity contribution in [3.8, 4) is 17.6 Å². The van der Waals surface area contributed by atoms with Crippen LogP contribution in [0.2, 0.25) is 5.02 Å². The molecule has 3 aromatic carbocycles. The van der Waals surface area contributed by atoms with Crippen molar-refractivity contribution in [2.75, 3.05) is 0 Å². The molecule has 148 valence electrons. The monoisotopic (exact) mass is 480 g/mol. The molecule has 0 fully saturated rings. The van der Waals surface area contributed by atoms with E-state index in [1.54, 1.807) is 42.5 Å². The maximum absolute atomic E-state index is 12.5. The zero-order valence-electron chi connectivity index (χ0n) is 15.4. The number of esters is 1. The van der Waals surface area contributed by atoms with E-state index in [1.165, 1.54) is 0 Å². The Kier molecular flexibility index (Phi) is 5.49. The van der Waals surface area contributed by atoms with Crippen molar-refractivity contribution in [3.05, 3.63) is 104 Å². The summed E-state index contributed by atoms with van der Waals surface area (Å²) in [6.45, 7) is 0. The van der Waals surface area contributed by atoms with Gasteiger partial charge in [0.05, 0.1) is 16.5 Å². The number of carbonyl (C=O) groups excluding carboxylic acids is 1. The quantitative estimate of drug-likeness (QED) is 0.392. The van der Waals surface area contributed by atoms with E-state index in [2.05, 4.69) is 22.0 Å². The standard InChI is InChI=1S/C23H14BrClN2O3/c24-14-5-3-4-13(10-14)21-17-9-8-15(11-20(17)30-22(27)18(21)12-26)29-23(28)16-6-1-2-7-19(16)25/h1-11,21H,27H2. The van der Waals surface area contributed by atoms with Gasteiger partial charge in [-0.1, -0.05) is 57.9 Å². The minimum Gasteiger partial charge on any atom is -0.440 e. The van der Waals surface area contributed by atoms with Gasteiger partial charge in [0.2, 0.25) is 5.88 Å². The number of nitrogens with two attached hydrogens (primary N) is 1. The van der Waals surface area contributed by atoms with Crippen LogP contribution in [0.3, 0.4) is 0 Å². The van der Waals surface area contributed by atoms with Gasteiger partial charge in [0.1, 0.15) is 23.1 Å². The first-order chi connectivity index (χ1) is 14.5. The lowest BCUT2D eigenvalue weighted by Gasteiger charge is -2.26. The van der Waals surface area contributed by atoms with Crippen molar-refractivity contribution in [2.24, 2.45) is 5.73 Å². The predicted molar refractivity (Wildman–Crippen MR) is 116 cm³/mol. The first-order valence-electron chi connectivity index (χ1n) is 8.91. The number of halogens is 2. The Hall–Kier alpha value is -3.27. The van der Waals surface area contributed by atoms with Crippen molar-refractivity contribution in [1.29, 1.82) is 5.26 Å². The third-order valence-electron chi connectivity index (χ3n) is 4.68. The number of hydrogen-bond acceptors (Lipinski definition) is 5. The van der Waals surface area contributed by atoms with Gasteiger partial charge in [0, 0.05) is 16.1 Å². The molecule has 0 bridgehead atoms. The maximum atomic E-state index is 12.5. The van der Waals surface area contributed by atoms with Gasteiger partial charge in [-0.25, -0.2) is 4.79 Å². The molecule has 30 heavy (non-hydrogen) atoms. The number of rotatable bonds is 3. The van der Waals surface area contributed by atoms with Crippen molar-refractivity contribution in [1.82, 2.24) is 0 Å². The molecular weight excluding hydrogens is 468 g/mol. The number of ether oxygens (including phenoxy) is 2. The van der Waals surface area contributed by atoms with Crippen LogP contribution in [0.15, 0.2) is 82.7 Å². The molecule has 0 aliphatic carbocycles. The summed E-state index contributed by atoms with van der Waals surface area (Å²) in [7, 11) is 0. The van der Waals surface area contributed by atoms with Crippen molar-refractivity contribution in [3.63, 3.8) is 0 Å². The lowest BCUT2D eigenvalue weighted by Crippen LogP contribution is -2.21. The van der Waals surface area contributed by atoms with E-state index < -0.39 is 11.9 Å². The van der Waals surface area contributed by atoms with Gasteiger partial charge in [-0.15, -0.1) is 0 Å². The van der Waals surface area contributed by atoms with E-state index >= 15 is 0 Å². The predicted octanol–water partition coefficient (Wildman–Crippen LogP) is 5.54. The molecular formula is C23H14BrClN2O3. The molecule has 1 aliphatic heterocycles. The lowest BCUT2D eigenvalue weighted by atomic mass is 9.83. The van der Waals surface area contributed by atoms with Crippen LogP contribution in [0, 0.1) is 11.3 Å². The van der Waals surface area contributed by atoms with Crippen LogP contribution in [-0.4, -0.2) is 5.97 Å². The highest BCUT2D eigenvalue weighted by molar-refractivity contribution is 9.10. The normalized spacial score (nSPS) is 15.0. The number of carbonyl (C=O) groups is 1. The lowest BCUT2D eigenvalue weighted by molar-refractivity contribution is 0.0734. The van der Waals surface area contributed by atoms with Crippen LogP contribution in [0.1, 0.15) is 27.4 Å². The largest absolute Gasteiger partial charge is 0.440 e. The summed E-state index contributed by atoms with van der Waals surface area (Å²) >= 11 is 9.53. The van der Waals surface area contributed by atoms with Crippen molar-refractivity contribution in [2.45, 2.75) is 5.92 Å². The summed E-state index contributed by atoms with van der Waals surface area (Å²) in [6.07, 6.45) is 0. The van der Waals surface area contributed by atoms with Crippen LogP contribution in [0.5, 0.6) is 11.5 Å². The van der Waals surface area contributed by atoms with E-state index in [9.17, 15) is 10.1 Å². The molecule has 1 aliphatic rings. The first-order valence-corrected chi connectivity index (χ1v) is 10.1. The van der Waals surface area contributed by atoms with E-state index in [0.29, 0.717) is 16.3 Å². The molecule has 7 heteroatoms. The summed E-state index contributed by atoms with van der Waals surface area (Å²) in [5.41, 5.74) is 8.24. The Morgan fingerprint density at radius 2 is 1.93 bits per heavy atom. The fourth-order valence-corrected chi connectivity index (χ4v) is 3.95. The van der Waals surface area contributed by atoms with Crippen LogP contribution >= 0.6 is 27.5 Å². The second-order valence-corrected chi connectivity index (χ2v) is 7.87. The number of allylic oxidation sites excluding steroid dienone is 1. The first kappa shape index (κ1) is 20.0. The molecule has 4 rings (SSSR count). The summed E-state index contributed by atoms with van der Waals surface area (Å²) in [4.78, 5) is 12.5. The SMILES string of the molecule is N#CC1=C(N)Oc2cc(OC(=O)c3ccccc3Cl)ccc2C1c1cccc(Br)c1.